The molecule has 10 aromatic carbocycles. The third-order valence-corrected chi connectivity index (χ3v) is 23.2. The van der Waals surface area contributed by atoms with Crippen molar-refractivity contribution in [3.63, 3.8) is 0 Å². The molecule has 0 aliphatic carbocycles. The summed E-state index contributed by atoms with van der Waals surface area (Å²) in [6, 6.07) is 86.0. The van der Waals surface area contributed by atoms with E-state index in [2.05, 4.69) is 208 Å². The summed E-state index contributed by atoms with van der Waals surface area (Å²) in [5.41, 5.74) is 8.89. The van der Waals surface area contributed by atoms with E-state index in [-0.39, 0.29) is 11.6 Å². The normalized spacial score (nSPS) is 11.8. The van der Waals surface area contributed by atoms with Crippen LogP contribution in [0.1, 0.15) is 0 Å². The molecule has 66 heavy (non-hydrogen) atoms. The van der Waals surface area contributed by atoms with Gasteiger partial charge < -0.3 is 0 Å². The van der Waals surface area contributed by atoms with Crippen LogP contribution in [0.15, 0.2) is 249 Å². The van der Waals surface area contributed by atoms with Crippen LogP contribution in [0.25, 0.3) is 55.0 Å². The summed E-state index contributed by atoms with van der Waals surface area (Å²) in [4.78, 5) is 2.22. The number of rotatable bonds is 9. The van der Waals surface area contributed by atoms with Crippen molar-refractivity contribution in [2.75, 3.05) is 4.90 Å². The van der Waals surface area contributed by atoms with Crippen LogP contribution in [0.2, 0.25) is 0 Å². The molecule has 0 atom stereocenters. The average Bonchev–Trinajstić information content (AvgIpc) is 3.88. The zero-order valence-corrected chi connectivity index (χ0v) is 37.9. The predicted molar refractivity (Wildman–Crippen MR) is 273 cm³/mol. The maximum absolute atomic E-state index is 14.7. The fourth-order valence-electron chi connectivity index (χ4n) is 10.3. The van der Waals surface area contributed by atoms with Gasteiger partial charge in [0, 0.05) is 5.69 Å². The molecule has 314 valence electrons. The third kappa shape index (κ3) is 6.46. The van der Waals surface area contributed by atoms with Gasteiger partial charge in [0.15, 0.2) is 0 Å². The molecular weight excluding hydrogens is 873 g/mol. The van der Waals surface area contributed by atoms with E-state index in [9.17, 15) is 8.78 Å². The van der Waals surface area contributed by atoms with Crippen LogP contribution in [0.3, 0.4) is 0 Å². The second-order valence-corrected chi connectivity index (χ2v) is 24.8. The number of hydrogen-bond donors (Lipinski definition) is 0. The fraction of sp³-hybridized carbons (Fsp3) is 0. The van der Waals surface area contributed by atoms with Gasteiger partial charge in [-0.1, -0.05) is 12.1 Å². The molecule has 6 heteroatoms. The first-order valence-electron chi connectivity index (χ1n) is 22.2. The topological polar surface area (TPSA) is 13.1 Å². The van der Waals surface area contributed by atoms with Crippen molar-refractivity contribution in [1.82, 2.24) is 9.13 Å². The molecule has 0 bridgehead atoms. The van der Waals surface area contributed by atoms with Gasteiger partial charge in [-0.3, -0.25) is 0 Å². The van der Waals surface area contributed by atoms with Gasteiger partial charge in [0.25, 0.3) is 0 Å². The Balaban J connectivity index is 1.12. The fourth-order valence-corrected chi connectivity index (χ4v) is 20.3. The molecule has 0 aliphatic heterocycles. The van der Waals surface area contributed by atoms with E-state index in [1.165, 1.54) is 41.8 Å². The van der Waals surface area contributed by atoms with Gasteiger partial charge in [-0.25, -0.2) is 4.39 Å². The zero-order chi connectivity index (χ0) is 44.2. The van der Waals surface area contributed by atoms with Crippen LogP contribution in [0.4, 0.5) is 25.8 Å². The van der Waals surface area contributed by atoms with Gasteiger partial charge in [0.05, 0.1) is 0 Å². The maximum atomic E-state index is 14.7. The summed E-state index contributed by atoms with van der Waals surface area (Å²) < 4.78 is 38.9. The summed E-state index contributed by atoms with van der Waals surface area (Å²) in [5, 5.41) is 4.40. The molecular formula is C60H41F2GeN3. The van der Waals surface area contributed by atoms with Crippen LogP contribution < -0.4 is 22.5 Å². The van der Waals surface area contributed by atoms with Crippen molar-refractivity contribution in [1.29, 1.82) is 0 Å². The minimum atomic E-state index is -3.65. The quantitative estimate of drug-likeness (QED) is 0.132. The summed E-state index contributed by atoms with van der Waals surface area (Å²) in [7, 11) is 0. The van der Waals surface area contributed by atoms with Crippen LogP contribution >= 0.6 is 0 Å². The molecule has 2 aromatic heterocycles. The Bertz CT molecular complexity index is 3600. The second-order valence-electron chi connectivity index (χ2n) is 16.8. The van der Waals surface area contributed by atoms with Crippen LogP contribution in [-0.2, 0) is 0 Å². The van der Waals surface area contributed by atoms with E-state index >= 15 is 0 Å². The molecule has 0 unspecified atom stereocenters. The Morgan fingerprint density at radius 1 is 0.288 bits per heavy atom. The van der Waals surface area contributed by atoms with E-state index in [0.717, 1.165) is 72.0 Å². The van der Waals surface area contributed by atoms with Crippen molar-refractivity contribution in [2.45, 2.75) is 0 Å². The molecule has 0 aliphatic rings. The molecule has 0 amide bonds. The van der Waals surface area contributed by atoms with Crippen molar-refractivity contribution >= 4 is 91.5 Å². The summed E-state index contributed by atoms with van der Waals surface area (Å²) in [5.74, 6) is -0.572. The first kappa shape index (κ1) is 39.6. The van der Waals surface area contributed by atoms with Gasteiger partial charge in [0.1, 0.15) is 5.82 Å². The Morgan fingerprint density at radius 2 is 0.667 bits per heavy atom. The van der Waals surface area contributed by atoms with E-state index in [0.29, 0.717) is 0 Å². The monoisotopic (exact) mass is 915 g/mol. The minimum absolute atomic E-state index is 0.275. The molecule has 0 saturated heterocycles. The van der Waals surface area contributed by atoms with Gasteiger partial charge in [0.2, 0.25) is 0 Å². The predicted octanol–water partition coefficient (Wildman–Crippen LogP) is 13.0. The van der Waals surface area contributed by atoms with Crippen molar-refractivity contribution in [2.24, 2.45) is 0 Å². The van der Waals surface area contributed by atoms with E-state index in [4.69, 9.17) is 0 Å². The van der Waals surface area contributed by atoms with E-state index < -0.39 is 13.3 Å². The Kier molecular flexibility index (Phi) is 9.72. The summed E-state index contributed by atoms with van der Waals surface area (Å²) >= 11 is -3.65. The number of para-hydroxylation sites is 2. The van der Waals surface area contributed by atoms with Crippen molar-refractivity contribution in [3.05, 3.63) is 260 Å². The Morgan fingerprint density at radius 3 is 1.20 bits per heavy atom. The first-order valence-corrected chi connectivity index (χ1v) is 26.4. The Labute approximate surface area is 384 Å². The summed E-state index contributed by atoms with van der Waals surface area (Å²) in [6.45, 7) is 0. The van der Waals surface area contributed by atoms with Gasteiger partial charge in [-0.15, -0.1) is 0 Å². The number of halogens is 2. The van der Waals surface area contributed by atoms with Crippen molar-refractivity contribution < 1.29 is 8.78 Å². The first-order chi connectivity index (χ1) is 32.6. The molecule has 0 fully saturated rings. The molecule has 12 rings (SSSR count). The van der Waals surface area contributed by atoms with Crippen molar-refractivity contribution in [3.8, 4) is 11.4 Å². The molecule has 0 spiro atoms. The number of benzene rings is 10. The number of aromatic nitrogens is 2. The van der Waals surface area contributed by atoms with Crippen LogP contribution in [-0.4, -0.2) is 22.4 Å². The standard InChI is InChI=1S/C60H41F2GeN3/c61-42-25-30-49(31-26-42)64(51-34-37-59-55(40-51)53-23-13-14-24-57(53)66(59)50-32-27-43(62)28-33-50)52-35-38-60-56(41-52)54-39-47(29-36-58(54)65(60)48-21-11-4-12-22-48)63(44-15-5-1-6-16-44,45-17-7-2-8-18-45)46-19-9-3-10-20-46/h1-41H. The molecule has 0 N–H and O–H groups in total. The average molecular weight is 915 g/mol. The van der Waals surface area contributed by atoms with Gasteiger partial charge >= 0.3 is 328 Å². The molecule has 0 saturated carbocycles. The number of anilines is 3. The summed E-state index contributed by atoms with van der Waals surface area (Å²) in [6.07, 6.45) is 0. The van der Waals surface area contributed by atoms with Gasteiger partial charge in [-0.05, 0) is 30.3 Å². The molecule has 0 radical (unpaired) electrons. The molecule has 2 heterocycles. The second kappa shape index (κ2) is 16.2. The Hall–Kier alpha value is -8.00. The SMILES string of the molecule is Fc1ccc(N(c2ccc3c(c2)c2ccccc2n3-c2ccc(F)cc2)c2ccc3c(c2)c2c[c]([Ge]([c]4ccccc4)([c]4ccccc4)[c]4ccccc4)ccc2n3-c2ccccc2)cc1. The van der Waals surface area contributed by atoms with Crippen LogP contribution in [0.5, 0.6) is 0 Å². The van der Waals surface area contributed by atoms with E-state index in [1.54, 1.807) is 0 Å². The van der Waals surface area contributed by atoms with E-state index in [1.807, 2.05) is 30.3 Å². The zero-order valence-electron chi connectivity index (χ0n) is 35.8. The third-order valence-electron chi connectivity index (χ3n) is 13.2. The molecule has 3 nitrogen and oxygen atoms in total. The number of nitrogens with zero attached hydrogens (tertiary/aromatic N) is 3. The van der Waals surface area contributed by atoms with Crippen LogP contribution in [0, 0.1) is 11.6 Å². The molecule has 12 aromatic rings. The number of fused-ring (bicyclic) bond motifs is 6. The van der Waals surface area contributed by atoms with Gasteiger partial charge in [-0.2, -0.15) is 0 Å². The number of hydrogen-bond acceptors (Lipinski definition) is 1.